The van der Waals surface area contributed by atoms with Crippen molar-refractivity contribution in [1.82, 2.24) is 9.80 Å². The van der Waals surface area contributed by atoms with Gasteiger partial charge in [0.2, 0.25) is 0 Å². The molecule has 1 aliphatic heterocycles. The standard InChI is InChI=1S/C15H21BrN2O2/c1-10-6-13-11(7-12(10)16)14(19)15(9-20-13,18(4)5)8-17(2)3/h6-7H,8-9H2,1-5H3. The van der Waals surface area contributed by atoms with Gasteiger partial charge in [0, 0.05) is 11.0 Å². The molecule has 4 nitrogen and oxygen atoms in total. The van der Waals surface area contributed by atoms with E-state index in [0.29, 0.717) is 24.5 Å². The van der Waals surface area contributed by atoms with Gasteiger partial charge in [-0.15, -0.1) is 0 Å². The van der Waals surface area contributed by atoms with Gasteiger partial charge in [-0.05, 0) is 52.8 Å². The number of fused-ring (bicyclic) bond motifs is 1. The molecule has 0 radical (unpaired) electrons. The van der Waals surface area contributed by atoms with Gasteiger partial charge in [-0.25, -0.2) is 0 Å². The average Bonchev–Trinajstić information content (AvgIpc) is 2.35. The number of Topliss-reactive ketones (excluding diaryl/α,β-unsaturated/α-hetero) is 1. The first-order valence-corrected chi connectivity index (χ1v) is 7.37. The lowest BCUT2D eigenvalue weighted by Crippen LogP contribution is -2.62. The van der Waals surface area contributed by atoms with Crippen LogP contribution in [0.3, 0.4) is 0 Å². The summed E-state index contributed by atoms with van der Waals surface area (Å²) < 4.78 is 6.84. The number of ketones is 1. The second-order valence-electron chi connectivity index (χ2n) is 5.88. The van der Waals surface area contributed by atoms with E-state index in [0.717, 1.165) is 10.0 Å². The number of hydrogen-bond donors (Lipinski definition) is 0. The maximum atomic E-state index is 13.0. The van der Waals surface area contributed by atoms with Crippen LogP contribution < -0.4 is 4.74 Å². The van der Waals surface area contributed by atoms with Crippen LogP contribution in [0.25, 0.3) is 0 Å². The number of carbonyl (C=O) groups excluding carboxylic acids is 1. The van der Waals surface area contributed by atoms with Crippen molar-refractivity contribution >= 4 is 21.7 Å². The number of carbonyl (C=O) groups is 1. The molecule has 1 unspecified atom stereocenters. The number of hydrogen-bond acceptors (Lipinski definition) is 4. The molecule has 1 aliphatic rings. The van der Waals surface area contributed by atoms with Crippen LogP contribution in [0.2, 0.25) is 0 Å². The Morgan fingerprint density at radius 2 is 1.95 bits per heavy atom. The minimum atomic E-state index is -0.634. The Morgan fingerprint density at radius 3 is 2.50 bits per heavy atom. The fourth-order valence-electron chi connectivity index (χ4n) is 2.58. The van der Waals surface area contributed by atoms with Crippen molar-refractivity contribution in [3.05, 3.63) is 27.7 Å². The predicted octanol–water partition coefficient (Wildman–Crippen LogP) is 2.19. The summed E-state index contributed by atoms with van der Waals surface area (Å²) in [4.78, 5) is 17.0. The lowest BCUT2D eigenvalue weighted by molar-refractivity contribution is 0.0335. The number of ether oxygens (including phenoxy) is 1. The number of benzene rings is 1. The molecule has 5 heteroatoms. The third-order valence-corrected chi connectivity index (χ3v) is 4.68. The Hall–Kier alpha value is -0.910. The molecule has 0 aliphatic carbocycles. The molecular formula is C15H21BrN2O2. The molecule has 110 valence electrons. The van der Waals surface area contributed by atoms with E-state index in [4.69, 9.17) is 4.74 Å². The van der Waals surface area contributed by atoms with Gasteiger partial charge in [-0.1, -0.05) is 15.9 Å². The van der Waals surface area contributed by atoms with Crippen LogP contribution in [0.1, 0.15) is 15.9 Å². The van der Waals surface area contributed by atoms with Crippen molar-refractivity contribution in [2.45, 2.75) is 12.5 Å². The van der Waals surface area contributed by atoms with Gasteiger partial charge in [-0.3, -0.25) is 9.69 Å². The number of nitrogens with zero attached hydrogens (tertiary/aromatic N) is 2. The zero-order chi connectivity index (χ0) is 15.1. The Bertz CT molecular complexity index is 543. The van der Waals surface area contributed by atoms with Crippen molar-refractivity contribution < 1.29 is 9.53 Å². The van der Waals surface area contributed by atoms with E-state index in [9.17, 15) is 4.79 Å². The zero-order valence-electron chi connectivity index (χ0n) is 12.7. The first kappa shape index (κ1) is 15.5. The largest absolute Gasteiger partial charge is 0.490 e. The van der Waals surface area contributed by atoms with Gasteiger partial charge in [0.05, 0.1) is 5.56 Å². The zero-order valence-corrected chi connectivity index (χ0v) is 14.2. The van der Waals surface area contributed by atoms with E-state index in [1.54, 1.807) is 0 Å². The number of halogens is 1. The molecular weight excluding hydrogens is 320 g/mol. The summed E-state index contributed by atoms with van der Waals surface area (Å²) in [5, 5.41) is 0. The molecule has 2 rings (SSSR count). The molecule has 0 bridgehead atoms. The fourth-order valence-corrected chi connectivity index (χ4v) is 2.92. The fraction of sp³-hybridized carbons (Fsp3) is 0.533. The summed E-state index contributed by atoms with van der Waals surface area (Å²) in [5.74, 6) is 0.810. The minimum Gasteiger partial charge on any atom is -0.490 e. The normalized spacial score (nSPS) is 22.1. The van der Waals surface area contributed by atoms with Crippen LogP contribution in [0, 0.1) is 6.92 Å². The Balaban J connectivity index is 2.50. The van der Waals surface area contributed by atoms with E-state index >= 15 is 0 Å². The smallest absolute Gasteiger partial charge is 0.191 e. The van der Waals surface area contributed by atoms with E-state index in [-0.39, 0.29) is 5.78 Å². The molecule has 0 spiro atoms. The van der Waals surface area contributed by atoms with Gasteiger partial charge in [0.25, 0.3) is 0 Å². The molecule has 0 aromatic heterocycles. The maximum Gasteiger partial charge on any atom is 0.191 e. The van der Waals surface area contributed by atoms with Crippen LogP contribution in [0.5, 0.6) is 5.75 Å². The van der Waals surface area contributed by atoms with Crippen molar-refractivity contribution in [3.8, 4) is 5.75 Å². The van der Waals surface area contributed by atoms with Gasteiger partial charge in [0.15, 0.2) is 5.78 Å². The van der Waals surface area contributed by atoms with E-state index in [1.165, 1.54) is 0 Å². The molecule has 1 heterocycles. The molecule has 1 aromatic rings. The third-order valence-electron chi connectivity index (χ3n) is 3.83. The molecule has 0 saturated carbocycles. The van der Waals surface area contributed by atoms with Gasteiger partial charge >= 0.3 is 0 Å². The Labute approximate surface area is 128 Å². The second kappa shape index (κ2) is 5.47. The third kappa shape index (κ3) is 2.50. The van der Waals surface area contributed by atoms with E-state index < -0.39 is 5.54 Å². The second-order valence-corrected chi connectivity index (χ2v) is 6.73. The van der Waals surface area contributed by atoms with Crippen molar-refractivity contribution in [2.75, 3.05) is 41.3 Å². The lowest BCUT2D eigenvalue weighted by Gasteiger charge is -2.43. The highest BCUT2D eigenvalue weighted by Gasteiger charge is 2.46. The van der Waals surface area contributed by atoms with Crippen LogP contribution in [0.4, 0.5) is 0 Å². The number of rotatable bonds is 3. The molecule has 1 aromatic carbocycles. The average molecular weight is 341 g/mol. The molecule has 1 atom stereocenters. The van der Waals surface area contributed by atoms with Gasteiger partial charge in [0.1, 0.15) is 17.9 Å². The minimum absolute atomic E-state index is 0.123. The summed E-state index contributed by atoms with van der Waals surface area (Å²) in [5.41, 5.74) is 1.09. The number of aryl methyl sites for hydroxylation is 1. The molecule has 20 heavy (non-hydrogen) atoms. The number of likely N-dealkylation sites (N-methyl/N-ethyl adjacent to an activating group) is 2. The van der Waals surface area contributed by atoms with Crippen molar-refractivity contribution in [1.29, 1.82) is 0 Å². The molecule has 0 amide bonds. The summed E-state index contributed by atoms with van der Waals surface area (Å²) in [6.45, 7) is 3.00. The van der Waals surface area contributed by atoms with Crippen LogP contribution >= 0.6 is 15.9 Å². The van der Waals surface area contributed by atoms with E-state index in [1.807, 2.05) is 57.0 Å². The topological polar surface area (TPSA) is 32.8 Å². The van der Waals surface area contributed by atoms with Crippen molar-refractivity contribution in [3.63, 3.8) is 0 Å². The van der Waals surface area contributed by atoms with Crippen LogP contribution in [-0.4, -0.2) is 62.5 Å². The highest BCUT2D eigenvalue weighted by atomic mass is 79.9. The Morgan fingerprint density at radius 1 is 1.30 bits per heavy atom. The SMILES string of the molecule is Cc1cc2c(cc1Br)C(=O)C(CN(C)C)(N(C)C)CO2. The quantitative estimate of drug-likeness (QED) is 0.844. The first-order valence-electron chi connectivity index (χ1n) is 6.58. The summed E-state index contributed by atoms with van der Waals surface area (Å²) in [6.07, 6.45) is 0. The van der Waals surface area contributed by atoms with Gasteiger partial charge in [-0.2, -0.15) is 0 Å². The van der Waals surface area contributed by atoms with E-state index in [2.05, 4.69) is 15.9 Å². The summed E-state index contributed by atoms with van der Waals surface area (Å²) in [6, 6.07) is 3.80. The Kier molecular flexibility index (Phi) is 4.23. The summed E-state index contributed by atoms with van der Waals surface area (Å²) in [7, 11) is 7.80. The van der Waals surface area contributed by atoms with Crippen LogP contribution in [0.15, 0.2) is 16.6 Å². The van der Waals surface area contributed by atoms with Crippen LogP contribution in [-0.2, 0) is 0 Å². The summed E-state index contributed by atoms with van der Waals surface area (Å²) >= 11 is 3.50. The molecule has 0 fully saturated rings. The predicted molar refractivity (Wildman–Crippen MR) is 83.7 cm³/mol. The maximum absolute atomic E-state index is 13.0. The first-order chi connectivity index (χ1) is 9.28. The molecule has 0 N–H and O–H groups in total. The molecule has 0 saturated heterocycles. The highest BCUT2D eigenvalue weighted by Crippen LogP contribution is 2.35. The monoisotopic (exact) mass is 340 g/mol. The lowest BCUT2D eigenvalue weighted by atomic mass is 9.85. The van der Waals surface area contributed by atoms with Crippen molar-refractivity contribution in [2.24, 2.45) is 0 Å². The highest BCUT2D eigenvalue weighted by molar-refractivity contribution is 9.10. The van der Waals surface area contributed by atoms with Gasteiger partial charge < -0.3 is 9.64 Å².